The molecule has 0 aliphatic carbocycles. The molecule has 1 atom stereocenters. The maximum atomic E-state index is 13.3. The highest BCUT2D eigenvalue weighted by molar-refractivity contribution is 7.17. The van der Waals surface area contributed by atoms with E-state index in [0.717, 1.165) is 11.3 Å². The fourth-order valence-corrected chi connectivity index (χ4v) is 4.76. The highest BCUT2D eigenvalue weighted by atomic mass is 32.1. The van der Waals surface area contributed by atoms with Gasteiger partial charge < -0.3 is 14.6 Å². The predicted octanol–water partition coefficient (Wildman–Crippen LogP) is 4.38. The number of carbonyl (C=O) groups excluding carboxylic acids is 3. The van der Waals surface area contributed by atoms with Crippen molar-refractivity contribution >= 4 is 39.9 Å². The zero-order chi connectivity index (χ0) is 26.5. The second-order valence-electron chi connectivity index (χ2n) is 7.88. The van der Waals surface area contributed by atoms with E-state index in [1.165, 1.54) is 17.2 Å². The Morgan fingerprint density at radius 1 is 1.16 bits per heavy atom. The van der Waals surface area contributed by atoms with Crippen molar-refractivity contribution in [3.63, 3.8) is 0 Å². The maximum absolute atomic E-state index is 13.3. The van der Waals surface area contributed by atoms with Crippen LogP contribution in [0.5, 0.6) is 5.75 Å². The summed E-state index contributed by atoms with van der Waals surface area (Å²) in [6.45, 7) is 9.06. The molecule has 1 N–H and O–H groups in total. The number of ether oxygens (including phenoxy) is 2. The summed E-state index contributed by atoms with van der Waals surface area (Å²) in [5.41, 5.74) is 1.03. The van der Waals surface area contributed by atoms with E-state index in [1.54, 1.807) is 55.6 Å². The summed E-state index contributed by atoms with van der Waals surface area (Å²) in [5.74, 6) is -2.20. The highest BCUT2D eigenvalue weighted by Crippen LogP contribution is 2.43. The van der Waals surface area contributed by atoms with Gasteiger partial charge in [-0.3, -0.25) is 19.5 Å². The minimum Gasteiger partial charge on any atom is -0.507 e. The number of amides is 1. The number of esters is 1. The lowest BCUT2D eigenvalue weighted by Gasteiger charge is -2.22. The Balaban J connectivity index is 1.81. The van der Waals surface area contributed by atoms with Crippen molar-refractivity contribution in [3.8, 4) is 5.75 Å². The zero-order valence-corrected chi connectivity index (χ0v) is 20.7. The lowest BCUT2D eigenvalue weighted by molar-refractivity contribution is -0.132. The standard InChI is InChI=1S/C27H23N3O6S/c1-4-13-35-19-10-8-17(9-11-19)22(31)20-21(18-7-6-12-28-15-18)30(25(33)23(20)32)27-29-16(3)24(37-27)26(34)36-14-5-2/h4-12,15,21,31H,1-2,13-14H2,3H3/b22-20+. The Morgan fingerprint density at radius 3 is 2.54 bits per heavy atom. The molecule has 188 valence electrons. The number of carbonyl (C=O) groups is 3. The van der Waals surface area contributed by atoms with Gasteiger partial charge in [-0.1, -0.05) is 42.7 Å². The Hall–Kier alpha value is -4.57. The van der Waals surface area contributed by atoms with E-state index >= 15 is 0 Å². The molecule has 1 fully saturated rings. The summed E-state index contributed by atoms with van der Waals surface area (Å²) in [7, 11) is 0. The molecule has 37 heavy (non-hydrogen) atoms. The van der Waals surface area contributed by atoms with Gasteiger partial charge in [0.25, 0.3) is 5.78 Å². The predicted molar refractivity (Wildman–Crippen MR) is 138 cm³/mol. The summed E-state index contributed by atoms with van der Waals surface area (Å²) in [5, 5.41) is 11.3. The molecule has 4 rings (SSSR count). The molecule has 2 aromatic heterocycles. The van der Waals surface area contributed by atoms with Gasteiger partial charge in [-0.25, -0.2) is 9.78 Å². The van der Waals surface area contributed by atoms with Gasteiger partial charge in [0, 0.05) is 18.0 Å². The second-order valence-corrected chi connectivity index (χ2v) is 8.86. The van der Waals surface area contributed by atoms with Crippen LogP contribution in [-0.2, 0) is 14.3 Å². The maximum Gasteiger partial charge on any atom is 0.350 e. The molecule has 0 saturated carbocycles. The van der Waals surface area contributed by atoms with E-state index in [4.69, 9.17) is 9.47 Å². The van der Waals surface area contributed by atoms with Crippen molar-refractivity contribution in [2.75, 3.05) is 18.1 Å². The number of aromatic nitrogens is 2. The largest absolute Gasteiger partial charge is 0.507 e. The number of aliphatic hydroxyl groups excluding tert-OH is 1. The number of hydrogen-bond donors (Lipinski definition) is 1. The van der Waals surface area contributed by atoms with Crippen LogP contribution in [0.2, 0.25) is 0 Å². The molecule has 0 radical (unpaired) electrons. The van der Waals surface area contributed by atoms with Gasteiger partial charge in [-0.15, -0.1) is 0 Å². The van der Waals surface area contributed by atoms with E-state index in [0.29, 0.717) is 29.2 Å². The van der Waals surface area contributed by atoms with Gasteiger partial charge in [0.2, 0.25) is 0 Å². The average Bonchev–Trinajstić information content (AvgIpc) is 3.43. The summed E-state index contributed by atoms with van der Waals surface area (Å²) >= 11 is 0.922. The quantitative estimate of drug-likeness (QED) is 0.146. The molecule has 0 bridgehead atoms. The first kappa shape index (κ1) is 25.5. The second kappa shape index (κ2) is 11.0. The summed E-state index contributed by atoms with van der Waals surface area (Å²) < 4.78 is 10.6. The number of hydrogen-bond acceptors (Lipinski definition) is 9. The van der Waals surface area contributed by atoms with Crippen LogP contribution >= 0.6 is 11.3 Å². The SMILES string of the molecule is C=CCOC(=O)c1sc(N2C(=O)C(=O)/C(=C(/O)c3ccc(OCC=C)cc3)C2c2cccnc2)nc1C. The van der Waals surface area contributed by atoms with Crippen LogP contribution in [0.15, 0.2) is 79.7 Å². The molecule has 1 unspecified atom stereocenters. The third-order valence-corrected chi connectivity index (χ3v) is 6.59. The molecule has 1 aliphatic heterocycles. The van der Waals surface area contributed by atoms with Crippen molar-refractivity contribution in [2.45, 2.75) is 13.0 Å². The fraction of sp³-hybridized carbons (Fsp3) is 0.148. The molecule has 1 aromatic carbocycles. The van der Waals surface area contributed by atoms with Crippen LogP contribution in [0.4, 0.5) is 5.13 Å². The number of aryl methyl sites for hydroxylation is 1. The van der Waals surface area contributed by atoms with E-state index in [9.17, 15) is 19.5 Å². The molecule has 1 saturated heterocycles. The zero-order valence-electron chi connectivity index (χ0n) is 19.9. The van der Waals surface area contributed by atoms with Crippen LogP contribution in [0.1, 0.15) is 32.5 Å². The summed E-state index contributed by atoms with van der Waals surface area (Å²) in [6.07, 6.45) is 6.10. The lowest BCUT2D eigenvalue weighted by Crippen LogP contribution is -2.29. The normalized spacial score (nSPS) is 16.5. The van der Waals surface area contributed by atoms with Gasteiger partial charge in [-0.05, 0) is 42.8 Å². The Morgan fingerprint density at radius 2 is 1.89 bits per heavy atom. The van der Waals surface area contributed by atoms with E-state index in [2.05, 4.69) is 23.1 Å². The van der Waals surface area contributed by atoms with Crippen LogP contribution in [-0.4, -0.2) is 45.9 Å². The molecule has 9 nitrogen and oxygen atoms in total. The van der Waals surface area contributed by atoms with Gasteiger partial charge in [0.05, 0.1) is 17.3 Å². The van der Waals surface area contributed by atoms with Crippen LogP contribution in [0.25, 0.3) is 5.76 Å². The lowest BCUT2D eigenvalue weighted by atomic mass is 9.96. The van der Waals surface area contributed by atoms with Crippen molar-refractivity contribution in [1.82, 2.24) is 9.97 Å². The molecule has 1 aliphatic rings. The number of thiazole rings is 1. The third-order valence-electron chi connectivity index (χ3n) is 5.45. The number of rotatable bonds is 9. The van der Waals surface area contributed by atoms with E-state index in [1.807, 2.05) is 0 Å². The molecule has 10 heteroatoms. The summed E-state index contributed by atoms with van der Waals surface area (Å²) in [6, 6.07) is 8.78. The van der Waals surface area contributed by atoms with Gasteiger partial charge in [-0.2, -0.15) is 0 Å². The van der Waals surface area contributed by atoms with E-state index in [-0.39, 0.29) is 27.9 Å². The monoisotopic (exact) mass is 517 g/mol. The van der Waals surface area contributed by atoms with Gasteiger partial charge >= 0.3 is 11.9 Å². The van der Waals surface area contributed by atoms with Crippen molar-refractivity contribution in [2.24, 2.45) is 0 Å². The summed E-state index contributed by atoms with van der Waals surface area (Å²) in [4.78, 5) is 48.9. The number of nitrogens with zero attached hydrogens (tertiary/aromatic N) is 3. The van der Waals surface area contributed by atoms with Crippen molar-refractivity contribution in [3.05, 3.63) is 101 Å². The van der Waals surface area contributed by atoms with E-state index < -0.39 is 23.7 Å². The Labute approximate surface area is 217 Å². The third kappa shape index (κ3) is 5.05. The first-order valence-electron chi connectivity index (χ1n) is 11.2. The average molecular weight is 518 g/mol. The molecular formula is C27H23N3O6S. The number of Topliss-reactive ketones (excluding diaryl/α,β-unsaturated/α-hetero) is 1. The molecular weight excluding hydrogens is 494 g/mol. The number of anilines is 1. The molecule has 3 heterocycles. The Kier molecular flexibility index (Phi) is 7.59. The number of aliphatic hydroxyl groups is 1. The number of ketones is 1. The van der Waals surface area contributed by atoms with Crippen LogP contribution in [0.3, 0.4) is 0 Å². The highest BCUT2D eigenvalue weighted by Gasteiger charge is 2.48. The minimum absolute atomic E-state index is 0.0170. The van der Waals surface area contributed by atoms with Gasteiger partial charge in [0.15, 0.2) is 5.13 Å². The Bertz CT molecular complexity index is 1400. The van der Waals surface area contributed by atoms with Crippen LogP contribution < -0.4 is 9.64 Å². The van der Waals surface area contributed by atoms with Gasteiger partial charge in [0.1, 0.15) is 29.6 Å². The minimum atomic E-state index is -1.02. The first-order chi connectivity index (χ1) is 17.9. The number of benzene rings is 1. The molecule has 3 aromatic rings. The number of pyridine rings is 1. The van der Waals surface area contributed by atoms with Crippen molar-refractivity contribution < 1.29 is 29.0 Å². The molecule has 1 amide bonds. The van der Waals surface area contributed by atoms with Crippen LogP contribution in [0, 0.1) is 6.92 Å². The fourth-order valence-electron chi connectivity index (χ4n) is 3.78. The molecule has 0 spiro atoms. The van der Waals surface area contributed by atoms with Crippen molar-refractivity contribution in [1.29, 1.82) is 0 Å². The first-order valence-corrected chi connectivity index (χ1v) is 12.0. The smallest absolute Gasteiger partial charge is 0.350 e. The topological polar surface area (TPSA) is 119 Å².